The molecule has 0 aliphatic heterocycles. The number of aromatic nitrogens is 4. The predicted octanol–water partition coefficient (Wildman–Crippen LogP) is 3.05. The van der Waals surface area contributed by atoms with E-state index in [0.29, 0.717) is 4.77 Å². The van der Waals surface area contributed by atoms with Gasteiger partial charge >= 0.3 is 0 Å². The van der Waals surface area contributed by atoms with E-state index in [0.717, 1.165) is 34.7 Å². The quantitative estimate of drug-likeness (QED) is 0.756. The van der Waals surface area contributed by atoms with E-state index in [1.165, 1.54) is 0 Å². The molecule has 0 fully saturated rings. The predicted molar refractivity (Wildman–Crippen MR) is 88.9 cm³/mol. The van der Waals surface area contributed by atoms with Gasteiger partial charge in [0.25, 0.3) is 0 Å². The van der Waals surface area contributed by atoms with Crippen LogP contribution in [0, 0.1) is 4.77 Å². The molecule has 0 amide bonds. The van der Waals surface area contributed by atoms with Gasteiger partial charge < -0.3 is 9.88 Å². The number of imidazole rings is 1. The van der Waals surface area contributed by atoms with Gasteiger partial charge in [-0.3, -0.25) is 4.57 Å². The zero-order valence-corrected chi connectivity index (χ0v) is 13.5. The first-order valence-corrected chi connectivity index (χ1v) is 7.38. The number of nitrogens with one attached hydrogen (secondary N) is 1. The molecule has 110 valence electrons. The molecule has 0 unspecified atom stereocenters. The standard InChI is InChI=1S/C15H19N5S/c1-5-12-13-14(19(4)17-12)20(15(21)16-13)11-8-6-7-10(9-11)18(2)3/h6-9H,5H2,1-4H3,(H,16,21). The first-order valence-electron chi connectivity index (χ1n) is 6.97. The Kier molecular flexibility index (Phi) is 3.33. The van der Waals surface area contributed by atoms with Crippen molar-refractivity contribution < 1.29 is 0 Å². The van der Waals surface area contributed by atoms with Crippen LogP contribution in [-0.4, -0.2) is 33.4 Å². The summed E-state index contributed by atoms with van der Waals surface area (Å²) in [5.41, 5.74) is 5.26. The highest BCUT2D eigenvalue weighted by Crippen LogP contribution is 2.24. The zero-order chi connectivity index (χ0) is 15.1. The summed E-state index contributed by atoms with van der Waals surface area (Å²) in [4.78, 5) is 5.38. The average molecular weight is 301 g/mol. The average Bonchev–Trinajstić information content (AvgIpc) is 2.95. The molecule has 21 heavy (non-hydrogen) atoms. The van der Waals surface area contributed by atoms with Crippen LogP contribution in [0.15, 0.2) is 24.3 Å². The van der Waals surface area contributed by atoms with E-state index in [1.807, 2.05) is 36.5 Å². The third-order valence-electron chi connectivity index (χ3n) is 3.68. The molecule has 1 aromatic carbocycles. The first-order chi connectivity index (χ1) is 10.0. The molecule has 6 heteroatoms. The lowest BCUT2D eigenvalue weighted by Crippen LogP contribution is -2.09. The monoisotopic (exact) mass is 301 g/mol. The maximum absolute atomic E-state index is 5.52. The van der Waals surface area contributed by atoms with Gasteiger partial charge in [0.1, 0.15) is 5.52 Å². The summed E-state index contributed by atoms with van der Waals surface area (Å²) < 4.78 is 4.63. The summed E-state index contributed by atoms with van der Waals surface area (Å²) in [6, 6.07) is 8.32. The van der Waals surface area contributed by atoms with Crippen molar-refractivity contribution in [1.29, 1.82) is 0 Å². The Labute approximate surface area is 128 Å². The van der Waals surface area contributed by atoms with E-state index < -0.39 is 0 Å². The van der Waals surface area contributed by atoms with Crippen molar-refractivity contribution in [3.8, 4) is 5.69 Å². The molecule has 3 aromatic rings. The van der Waals surface area contributed by atoms with Crippen LogP contribution in [0.1, 0.15) is 12.6 Å². The fourth-order valence-corrected chi connectivity index (χ4v) is 2.90. The van der Waals surface area contributed by atoms with Crippen LogP contribution in [0.5, 0.6) is 0 Å². The Morgan fingerprint density at radius 3 is 2.76 bits per heavy atom. The summed E-state index contributed by atoms with van der Waals surface area (Å²) in [6.45, 7) is 2.10. The second-order valence-electron chi connectivity index (χ2n) is 5.30. The topological polar surface area (TPSA) is 41.8 Å². The number of aryl methyl sites for hydroxylation is 2. The fourth-order valence-electron chi connectivity index (χ4n) is 2.61. The SMILES string of the molecule is CCc1nn(C)c2c1[nH]c(=S)n2-c1cccc(N(C)C)c1. The third kappa shape index (κ3) is 2.15. The van der Waals surface area contributed by atoms with Gasteiger partial charge in [-0.25, -0.2) is 4.68 Å². The number of nitrogens with zero attached hydrogens (tertiary/aromatic N) is 4. The molecule has 0 aliphatic carbocycles. The van der Waals surface area contributed by atoms with Crippen molar-refractivity contribution in [2.75, 3.05) is 19.0 Å². The lowest BCUT2D eigenvalue weighted by atomic mass is 10.2. The molecule has 0 saturated carbocycles. The molecule has 1 N–H and O–H groups in total. The van der Waals surface area contributed by atoms with Crippen molar-refractivity contribution in [1.82, 2.24) is 19.3 Å². The van der Waals surface area contributed by atoms with Crippen LogP contribution >= 0.6 is 12.2 Å². The van der Waals surface area contributed by atoms with Gasteiger partial charge in [0.05, 0.1) is 11.4 Å². The van der Waals surface area contributed by atoms with Gasteiger partial charge in [0.15, 0.2) is 10.4 Å². The Balaban J connectivity index is 2.30. The van der Waals surface area contributed by atoms with Crippen LogP contribution in [0.4, 0.5) is 5.69 Å². The van der Waals surface area contributed by atoms with E-state index in [9.17, 15) is 0 Å². The van der Waals surface area contributed by atoms with Gasteiger partial charge in [-0.2, -0.15) is 5.10 Å². The molecule has 0 bridgehead atoms. The van der Waals surface area contributed by atoms with E-state index in [2.05, 4.69) is 40.1 Å². The molecule has 0 saturated heterocycles. The van der Waals surface area contributed by atoms with E-state index in [-0.39, 0.29) is 0 Å². The number of aromatic amines is 1. The number of hydrogen-bond acceptors (Lipinski definition) is 3. The summed E-state index contributed by atoms with van der Waals surface area (Å²) >= 11 is 5.52. The van der Waals surface area contributed by atoms with Gasteiger partial charge in [0.2, 0.25) is 0 Å². The van der Waals surface area contributed by atoms with Gasteiger partial charge in [-0.15, -0.1) is 0 Å². The summed E-state index contributed by atoms with van der Waals surface area (Å²) in [6.07, 6.45) is 0.879. The van der Waals surface area contributed by atoms with Gasteiger partial charge in [0, 0.05) is 26.8 Å². The van der Waals surface area contributed by atoms with E-state index >= 15 is 0 Å². The number of fused-ring (bicyclic) bond motifs is 1. The number of hydrogen-bond donors (Lipinski definition) is 1. The number of anilines is 1. The van der Waals surface area contributed by atoms with Crippen molar-refractivity contribution in [3.63, 3.8) is 0 Å². The van der Waals surface area contributed by atoms with E-state index in [4.69, 9.17) is 12.2 Å². The minimum absolute atomic E-state index is 0.698. The van der Waals surface area contributed by atoms with E-state index in [1.54, 1.807) is 0 Å². The zero-order valence-electron chi connectivity index (χ0n) is 12.7. The largest absolute Gasteiger partial charge is 0.378 e. The smallest absolute Gasteiger partial charge is 0.184 e. The maximum atomic E-state index is 5.52. The van der Waals surface area contributed by atoms with Crippen molar-refractivity contribution in [2.45, 2.75) is 13.3 Å². The Bertz CT molecular complexity index is 853. The molecular formula is C15H19N5S. The van der Waals surface area contributed by atoms with Crippen LogP contribution in [0.3, 0.4) is 0 Å². The molecule has 0 aliphatic rings. The van der Waals surface area contributed by atoms with Gasteiger partial charge in [-0.05, 0) is 36.8 Å². The third-order valence-corrected chi connectivity index (χ3v) is 3.96. The number of rotatable bonds is 3. The molecule has 5 nitrogen and oxygen atoms in total. The van der Waals surface area contributed by atoms with Crippen LogP contribution in [-0.2, 0) is 13.5 Å². The molecule has 3 rings (SSSR count). The summed E-state index contributed by atoms with van der Waals surface area (Å²) in [5, 5.41) is 4.56. The second-order valence-corrected chi connectivity index (χ2v) is 5.69. The minimum atomic E-state index is 0.698. The lowest BCUT2D eigenvalue weighted by molar-refractivity contribution is 0.748. The van der Waals surface area contributed by atoms with Crippen molar-refractivity contribution >= 4 is 29.1 Å². The fraction of sp³-hybridized carbons (Fsp3) is 0.333. The highest BCUT2D eigenvalue weighted by Gasteiger charge is 2.15. The Morgan fingerprint density at radius 2 is 2.10 bits per heavy atom. The normalized spacial score (nSPS) is 11.2. The lowest BCUT2D eigenvalue weighted by Gasteiger charge is -2.14. The minimum Gasteiger partial charge on any atom is -0.378 e. The van der Waals surface area contributed by atoms with Crippen LogP contribution in [0.25, 0.3) is 16.9 Å². The van der Waals surface area contributed by atoms with Crippen LogP contribution < -0.4 is 4.90 Å². The summed E-state index contributed by atoms with van der Waals surface area (Å²) in [7, 11) is 6.02. The second kappa shape index (κ2) is 5.04. The van der Waals surface area contributed by atoms with Crippen molar-refractivity contribution in [2.24, 2.45) is 7.05 Å². The summed E-state index contributed by atoms with van der Waals surface area (Å²) in [5.74, 6) is 0. The van der Waals surface area contributed by atoms with Crippen molar-refractivity contribution in [3.05, 3.63) is 34.7 Å². The molecule has 0 atom stereocenters. The molecule has 2 heterocycles. The highest BCUT2D eigenvalue weighted by atomic mass is 32.1. The molecule has 0 radical (unpaired) electrons. The molecular weight excluding hydrogens is 282 g/mol. The van der Waals surface area contributed by atoms with Gasteiger partial charge in [-0.1, -0.05) is 13.0 Å². The number of benzene rings is 1. The van der Waals surface area contributed by atoms with Crippen LogP contribution in [0.2, 0.25) is 0 Å². The molecule has 0 spiro atoms. The molecule has 2 aromatic heterocycles. The Morgan fingerprint density at radius 1 is 1.33 bits per heavy atom. The maximum Gasteiger partial charge on any atom is 0.184 e. The highest BCUT2D eigenvalue weighted by molar-refractivity contribution is 7.71. The Hall–Kier alpha value is -2.08. The first kappa shape index (κ1) is 13.9. The number of H-pyrrole nitrogens is 1.